The van der Waals surface area contributed by atoms with Crippen LogP contribution in [0, 0.1) is 0 Å². The van der Waals surface area contributed by atoms with Gasteiger partial charge >= 0.3 is 0 Å². The fraction of sp³-hybridized carbons (Fsp3) is 0. The maximum Gasteiger partial charge on any atom is 0.264 e. The zero-order valence-corrected chi connectivity index (χ0v) is 17.0. The molecule has 0 atom stereocenters. The Kier molecular flexibility index (Phi) is 5.86. The first-order valence-corrected chi connectivity index (χ1v) is 10.5. The molecule has 138 valence electrons. The minimum Gasteiger partial charge on any atom is -0.300 e. The Bertz CT molecular complexity index is 1050. The Morgan fingerprint density at radius 2 is 1.54 bits per heavy atom. The van der Waals surface area contributed by atoms with Gasteiger partial charge in [-0.2, -0.15) is 0 Å². The standard InChI is InChI=1S/C22H15ClN2OS2/c23-16-8-12-19(13-9-16)27-18-10-6-15(7-11-18)14-20-21(26)25-22(28-20)24-17-4-2-1-3-5-17/h1-14H,(H,24,25,26)/b20-14-. The number of carbonyl (C=O) groups excluding carboxylic acids is 1. The molecule has 1 aliphatic heterocycles. The van der Waals surface area contributed by atoms with Crippen LogP contribution in [0.3, 0.4) is 0 Å². The van der Waals surface area contributed by atoms with E-state index in [0.717, 1.165) is 26.1 Å². The van der Waals surface area contributed by atoms with E-state index in [1.165, 1.54) is 11.8 Å². The molecule has 1 N–H and O–H groups in total. The first kappa shape index (κ1) is 18.9. The lowest BCUT2D eigenvalue weighted by Crippen LogP contribution is -2.19. The van der Waals surface area contributed by atoms with Crippen LogP contribution in [0.1, 0.15) is 5.56 Å². The quantitative estimate of drug-likeness (QED) is 0.496. The number of amidine groups is 1. The number of carbonyl (C=O) groups is 1. The van der Waals surface area contributed by atoms with Crippen LogP contribution in [0.25, 0.3) is 6.08 Å². The van der Waals surface area contributed by atoms with Gasteiger partial charge in [-0.15, -0.1) is 0 Å². The number of rotatable bonds is 4. The van der Waals surface area contributed by atoms with Crippen LogP contribution in [0.5, 0.6) is 0 Å². The second-order valence-electron chi connectivity index (χ2n) is 5.94. The van der Waals surface area contributed by atoms with Crippen molar-refractivity contribution in [3.63, 3.8) is 0 Å². The summed E-state index contributed by atoms with van der Waals surface area (Å²) in [4.78, 5) is 19.6. The van der Waals surface area contributed by atoms with E-state index in [1.54, 1.807) is 11.8 Å². The van der Waals surface area contributed by atoms with Crippen LogP contribution in [-0.2, 0) is 4.79 Å². The van der Waals surface area contributed by atoms with E-state index in [2.05, 4.69) is 10.3 Å². The van der Waals surface area contributed by atoms with Crippen LogP contribution >= 0.6 is 35.1 Å². The van der Waals surface area contributed by atoms with Crippen molar-refractivity contribution in [3.8, 4) is 0 Å². The number of hydrogen-bond donors (Lipinski definition) is 1. The molecule has 1 heterocycles. The van der Waals surface area contributed by atoms with Crippen LogP contribution < -0.4 is 5.32 Å². The Balaban J connectivity index is 1.46. The highest BCUT2D eigenvalue weighted by molar-refractivity contribution is 8.18. The van der Waals surface area contributed by atoms with Gasteiger partial charge in [-0.25, -0.2) is 4.99 Å². The molecule has 0 radical (unpaired) electrons. The maximum absolute atomic E-state index is 12.2. The zero-order valence-electron chi connectivity index (χ0n) is 14.6. The van der Waals surface area contributed by atoms with E-state index in [0.29, 0.717) is 10.1 Å². The zero-order chi connectivity index (χ0) is 19.3. The van der Waals surface area contributed by atoms with Gasteiger partial charge in [0.2, 0.25) is 0 Å². The molecule has 4 rings (SSSR count). The molecular weight excluding hydrogens is 408 g/mol. The number of hydrogen-bond acceptors (Lipinski definition) is 4. The van der Waals surface area contributed by atoms with Crippen LogP contribution in [0.15, 0.2) is 98.6 Å². The third-order valence-corrected chi connectivity index (χ3v) is 6.04. The molecule has 0 aliphatic carbocycles. The molecule has 3 aromatic rings. The molecule has 1 amide bonds. The van der Waals surface area contributed by atoms with E-state index in [4.69, 9.17) is 11.6 Å². The Morgan fingerprint density at radius 3 is 2.21 bits per heavy atom. The highest BCUT2D eigenvalue weighted by Crippen LogP contribution is 2.31. The number of amides is 1. The second kappa shape index (κ2) is 8.69. The Labute approximate surface area is 176 Å². The van der Waals surface area contributed by atoms with Crippen molar-refractivity contribution in [3.05, 3.63) is 94.4 Å². The summed E-state index contributed by atoms with van der Waals surface area (Å²) in [5, 5.41) is 4.14. The lowest BCUT2D eigenvalue weighted by Gasteiger charge is -2.03. The fourth-order valence-electron chi connectivity index (χ4n) is 2.52. The largest absolute Gasteiger partial charge is 0.300 e. The van der Waals surface area contributed by atoms with Crippen molar-refractivity contribution in [2.24, 2.45) is 4.99 Å². The van der Waals surface area contributed by atoms with E-state index in [-0.39, 0.29) is 5.91 Å². The average Bonchev–Trinajstić information content (AvgIpc) is 3.05. The summed E-state index contributed by atoms with van der Waals surface area (Å²) in [7, 11) is 0. The summed E-state index contributed by atoms with van der Waals surface area (Å²) in [5.41, 5.74) is 1.79. The minimum atomic E-state index is -0.126. The second-order valence-corrected chi connectivity index (χ2v) is 8.56. The van der Waals surface area contributed by atoms with Gasteiger partial charge in [-0.05, 0) is 71.9 Å². The van der Waals surface area contributed by atoms with Gasteiger partial charge in [0.1, 0.15) is 0 Å². The van der Waals surface area contributed by atoms with Crippen molar-refractivity contribution in [2.75, 3.05) is 0 Å². The minimum absolute atomic E-state index is 0.126. The predicted octanol–water partition coefficient (Wildman–Crippen LogP) is 6.38. The van der Waals surface area contributed by atoms with E-state index in [1.807, 2.05) is 84.9 Å². The van der Waals surface area contributed by atoms with Gasteiger partial charge < -0.3 is 5.32 Å². The van der Waals surface area contributed by atoms with Crippen LogP contribution in [0.4, 0.5) is 5.69 Å². The molecule has 28 heavy (non-hydrogen) atoms. The summed E-state index contributed by atoms with van der Waals surface area (Å²) < 4.78 is 0. The Hall–Kier alpha value is -2.47. The van der Waals surface area contributed by atoms with E-state index < -0.39 is 0 Å². The Morgan fingerprint density at radius 1 is 0.893 bits per heavy atom. The maximum atomic E-state index is 12.2. The highest BCUT2D eigenvalue weighted by Gasteiger charge is 2.23. The summed E-state index contributed by atoms with van der Waals surface area (Å²) in [6.45, 7) is 0. The molecule has 0 saturated carbocycles. The number of benzene rings is 3. The molecule has 0 spiro atoms. The lowest BCUT2D eigenvalue weighted by atomic mass is 10.2. The smallest absolute Gasteiger partial charge is 0.264 e. The third-order valence-electron chi connectivity index (χ3n) is 3.86. The summed E-state index contributed by atoms with van der Waals surface area (Å²) in [5.74, 6) is -0.126. The number of nitrogens with zero attached hydrogens (tertiary/aromatic N) is 1. The van der Waals surface area contributed by atoms with Crippen LogP contribution in [-0.4, -0.2) is 11.1 Å². The number of nitrogens with one attached hydrogen (secondary N) is 1. The van der Waals surface area contributed by atoms with Crippen molar-refractivity contribution in [1.82, 2.24) is 5.32 Å². The SMILES string of the molecule is O=C1NC(=Nc2ccccc2)S/C1=C\c1ccc(Sc2ccc(Cl)cc2)cc1. The molecule has 1 fully saturated rings. The first-order valence-electron chi connectivity index (χ1n) is 8.54. The van der Waals surface area contributed by atoms with Gasteiger partial charge in [0.15, 0.2) is 5.17 Å². The van der Waals surface area contributed by atoms with Crippen molar-refractivity contribution in [1.29, 1.82) is 0 Å². The number of aliphatic imine (C=N–C) groups is 1. The van der Waals surface area contributed by atoms with Gasteiger partial charge in [-0.1, -0.05) is 53.7 Å². The molecule has 3 aromatic carbocycles. The summed E-state index contributed by atoms with van der Waals surface area (Å²) in [6, 6.07) is 25.4. The molecule has 1 aliphatic rings. The first-order chi connectivity index (χ1) is 13.7. The topological polar surface area (TPSA) is 41.5 Å². The van der Waals surface area contributed by atoms with Gasteiger partial charge in [0.25, 0.3) is 5.91 Å². The summed E-state index contributed by atoms with van der Waals surface area (Å²) >= 11 is 8.94. The van der Waals surface area contributed by atoms with Crippen LogP contribution in [0.2, 0.25) is 5.02 Å². The lowest BCUT2D eigenvalue weighted by molar-refractivity contribution is -0.115. The van der Waals surface area contributed by atoms with Crippen molar-refractivity contribution >= 4 is 58.0 Å². The van der Waals surface area contributed by atoms with Crippen molar-refractivity contribution in [2.45, 2.75) is 9.79 Å². The molecule has 0 aromatic heterocycles. The van der Waals surface area contributed by atoms with Gasteiger partial charge in [-0.3, -0.25) is 4.79 Å². The average molecular weight is 423 g/mol. The molecule has 1 saturated heterocycles. The van der Waals surface area contributed by atoms with E-state index in [9.17, 15) is 4.79 Å². The number of thioether (sulfide) groups is 1. The van der Waals surface area contributed by atoms with Gasteiger partial charge in [0.05, 0.1) is 10.6 Å². The highest BCUT2D eigenvalue weighted by atomic mass is 35.5. The molecule has 0 bridgehead atoms. The fourth-order valence-corrected chi connectivity index (χ4v) is 4.31. The molecule has 6 heteroatoms. The predicted molar refractivity (Wildman–Crippen MR) is 119 cm³/mol. The number of halogens is 1. The normalized spacial score (nSPS) is 16.5. The van der Waals surface area contributed by atoms with Crippen molar-refractivity contribution < 1.29 is 4.79 Å². The molecule has 3 nitrogen and oxygen atoms in total. The van der Waals surface area contributed by atoms with Gasteiger partial charge in [0, 0.05) is 14.8 Å². The van der Waals surface area contributed by atoms with E-state index >= 15 is 0 Å². The number of para-hydroxylation sites is 1. The third kappa shape index (κ3) is 4.87. The molecule has 0 unspecified atom stereocenters. The monoisotopic (exact) mass is 422 g/mol. The summed E-state index contributed by atoms with van der Waals surface area (Å²) in [6.07, 6.45) is 1.88. The molecular formula is C22H15ClN2OS2.